The quantitative estimate of drug-likeness (QED) is 0.540. The first kappa shape index (κ1) is 23.5. The Balaban J connectivity index is 1.42. The predicted octanol–water partition coefficient (Wildman–Crippen LogP) is 4.37. The summed E-state index contributed by atoms with van der Waals surface area (Å²) in [6.07, 6.45) is 0.985. The van der Waals surface area contributed by atoms with E-state index in [1.807, 2.05) is 48.7 Å². The van der Waals surface area contributed by atoms with Crippen molar-refractivity contribution >= 4 is 27.3 Å². The summed E-state index contributed by atoms with van der Waals surface area (Å²) in [5.74, 6) is 0.355. The number of amides is 1. The second-order valence-corrected chi connectivity index (χ2v) is 11.1. The van der Waals surface area contributed by atoms with Crippen LogP contribution in [0.1, 0.15) is 34.9 Å². The lowest BCUT2D eigenvalue weighted by molar-refractivity contribution is -0.126. The normalized spacial score (nSPS) is 16.3. The van der Waals surface area contributed by atoms with Gasteiger partial charge in [0.1, 0.15) is 5.75 Å². The predicted molar refractivity (Wildman–Crippen MR) is 130 cm³/mol. The Morgan fingerprint density at radius 1 is 1.06 bits per heavy atom. The van der Waals surface area contributed by atoms with E-state index in [0.717, 1.165) is 10.4 Å². The van der Waals surface area contributed by atoms with Gasteiger partial charge in [-0.3, -0.25) is 4.79 Å². The van der Waals surface area contributed by atoms with Crippen molar-refractivity contribution < 1.29 is 17.9 Å². The van der Waals surface area contributed by atoms with Crippen molar-refractivity contribution in [3.8, 4) is 5.75 Å². The molecule has 0 spiro atoms. The summed E-state index contributed by atoms with van der Waals surface area (Å²) >= 11 is 1.61. The Labute approximate surface area is 199 Å². The molecule has 1 N–H and O–H groups in total. The van der Waals surface area contributed by atoms with Crippen LogP contribution in [0.4, 0.5) is 0 Å². The van der Waals surface area contributed by atoms with Gasteiger partial charge in [-0.15, -0.1) is 11.3 Å². The van der Waals surface area contributed by atoms with Crippen LogP contribution < -0.4 is 10.1 Å². The zero-order valence-corrected chi connectivity index (χ0v) is 20.4. The minimum absolute atomic E-state index is 0.0320. The van der Waals surface area contributed by atoms with Crippen LogP contribution in [0.25, 0.3) is 0 Å². The average Bonchev–Trinajstić information content (AvgIpc) is 3.38. The fourth-order valence-corrected chi connectivity index (χ4v) is 6.32. The SMILES string of the molecule is COc1ccc(S(=O)(=O)N2CCC(C(=O)NC(c3ccc(C)cc3)c3cccs3)CC2)cc1. The lowest BCUT2D eigenvalue weighted by Crippen LogP contribution is -2.43. The van der Waals surface area contributed by atoms with Crippen LogP contribution in [0.3, 0.4) is 0 Å². The monoisotopic (exact) mass is 484 g/mol. The van der Waals surface area contributed by atoms with E-state index in [0.29, 0.717) is 31.7 Å². The first-order valence-electron chi connectivity index (χ1n) is 10.9. The maximum atomic E-state index is 13.2. The molecule has 1 fully saturated rings. The molecule has 0 bridgehead atoms. The number of aryl methyl sites for hydroxylation is 1. The van der Waals surface area contributed by atoms with Crippen LogP contribution >= 0.6 is 11.3 Å². The third-order valence-electron chi connectivity index (χ3n) is 6.05. The molecule has 4 rings (SSSR count). The van der Waals surface area contributed by atoms with Crippen molar-refractivity contribution in [3.05, 3.63) is 82.0 Å². The standard InChI is InChI=1S/C25H28N2O4S2/c1-18-5-7-19(8-6-18)24(23-4-3-17-32-23)26-25(28)20-13-15-27(16-14-20)33(29,30)22-11-9-21(31-2)10-12-22/h3-12,17,20,24H,13-16H2,1-2H3,(H,26,28). The van der Waals surface area contributed by atoms with Crippen LogP contribution in [0.15, 0.2) is 70.9 Å². The van der Waals surface area contributed by atoms with Gasteiger partial charge in [0.25, 0.3) is 0 Å². The molecule has 0 aliphatic carbocycles. The van der Waals surface area contributed by atoms with Crippen molar-refractivity contribution in [2.24, 2.45) is 5.92 Å². The number of carbonyl (C=O) groups excluding carboxylic acids is 1. The number of nitrogens with zero attached hydrogens (tertiary/aromatic N) is 1. The summed E-state index contributed by atoms with van der Waals surface area (Å²) in [7, 11) is -2.05. The molecule has 1 atom stereocenters. The molecule has 174 valence electrons. The summed E-state index contributed by atoms with van der Waals surface area (Å²) in [6, 6.07) is 18.4. The lowest BCUT2D eigenvalue weighted by Gasteiger charge is -2.31. The molecule has 3 aromatic rings. The molecule has 1 aliphatic rings. The number of hydrogen-bond donors (Lipinski definition) is 1. The Hall–Kier alpha value is -2.68. The number of methoxy groups -OCH3 is 1. The fraction of sp³-hybridized carbons (Fsp3) is 0.320. The second-order valence-electron chi connectivity index (χ2n) is 8.22. The Bertz CT molecular complexity index is 1170. The van der Waals surface area contributed by atoms with E-state index >= 15 is 0 Å². The van der Waals surface area contributed by atoms with Gasteiger partial charge < -0.3 is 10.1 Å². The summed E-state index contributed by atoms with van der Waals surface area (Å²) in [5.41, 5.74) is 2.20. The number of thiophene rings is 1. The number of sulfonamides is 1. The molecule has 6 nitrogen and oxygen atoms in total. The molecule has 1 aromatic heterocycles. The Morgan fingerprint density at radius 3 is 2.30 bits per heavy atom. The molecule has 1 unspecified atom stereocenters. The molecule has 0 radical (unpaired) electrons. The van der Waals surface area contributed by atoms with Gasteiger partial charge in [0.05, 0.1) is 18.0 Å². The van der Waals surface area contributed by atoms with Gasteiger partial charge in [-0.2, -0.15) is 4.31 Å². The van der Waals surface area contributed by atoms with E-state index in [9.17, 15) is 13.2 Å². The first-order valence-corrected chi connectivity index (χ1v) is 13.2. The van der Waals surface area contributed by atoms with Crippen molar-refractivity contribution in [2.75, 3.05) is 20.2 Å². The molecule has 1 amide bonds. The van der Waals surface area contributed by atoms with Gasteiger partial charge in [-0.25, -0.2) is 8.42 Å². The Morgan fingerprint density at radius 2 is 1.73 bits per heavy atom. The van der Waals surface area contributed by atoms with Crippen molar-refractivity contribution in [1.29, 1.82) is 0 Å². The average molecular weight is 485 g/mol. The van der Waals surface area contributed by atoms with Crippen LogP contribution in [0, 0.1) is 12.8 Å². The fourth-order valence-electron chi connectivity index (χ4n) is 4.05. The van der Waals surface area contributed by atoms with Crippen LogP contribution in [-0.4, -0.2) is 38.8 Å². The molecular formula is C25H28N2O4S2. The van der Waals surface area contributed by atoms with E-state index in [-0.39, 0.29) is 22.8 Å². The highest BCUT2D eigenvalue weighted by Gasteiger charge is 2.33. The van der Waals surface area contributed by atoms with Gasteiger partial charge >= 0.3 is 0 Å². The number of nitrogens with one attached hydrogen (secondary N) is 1. The number of benzene rings is 2. The lowest BCUT2D eigenvalue weighted by atomic mass is 9.95. The van der Waals surface area contributed by atoms with E-state index in [1.165, 1.54) is 9.87 Å². The maximum absolute atomic E-state index is 13.2. The number of carbonyl (C=O) groups is 1. The van der Waals surface area contributed by atoms with E-state index in [4.69, 9.17) is 4.74 Å². The van der Waals surface area contributed by atoms with E-state index in [1.54, 1.807) is 42.7 Å². The van der Waals surface area contributed by atoms with Gasteiger partial charge in [0.15, 0.2) is 0 Å². The Kier molecular flexibility index (Phi) is 7.17. The summed E-state index contributed by atoms with van der Waals surface area (Å²) in [5, 5.41) is 5.22. The van der Waals surface area contributed by atoms with Crippen LogP contribution in [0.5, 0.6) is 5.75 Å². The van der Waals surface area contributed by atoms with Crippen molar-refractivity contribution in [2.45, 2.75) is 30.7 Å². The minimum atomic E-state index is -3.59. The zero-order valence-electron chi connectivity index (χ0n) is 18.7. The van der Waals surface area contributed by atoms with Crippen LogP contribution in [-0.2, 0) is 14.8 Å². The third kappa shape index (κ3) is 5.29. The zero-order chi connectivity index (χ0) is 23.4. The third-order valence-corrected chi connectivity index (χ3v) is 8.90. The number of hydrogen-bond acceptors (Lipinski definition) is 5. The highest BCUT2D eigenvalue weighted by Crippen LogP contribution is 2.29. The molecular weight excluding hydrogens is 456 g/mol. The van der Waals surface area contributed by atoms with Crippen LogP contribution in [0.2, 0.25) is 0 Å². The summed E-state index contributed by atoms with van der Waals surface area (Å²) in [4.78, 5) is 14.5. The highest BCUT2D eigenvalue weighted by atomic mass is 32.2. The number of ether oxygens (including phenoxy) is 1. The summed E-state index contributed by atoms with van der Waals surface area (Å²) < 4.78 is 32.6. The number of rotatable bonds is 7. The van der Waals surface area contributed by atoms with Crippen molar-refractivity contribution in [3.63, 3.8) is 0 Å². The molecule has 8 heteroatoms. The molecule has 2 aromatic carbocycles. The van der Waals surface area contributed by atoms with Gasteiger partial charge in [0, 0.05) is 23.9 Å². The molecule has 1 saturated heterocycles. The van der Waals surface area contributed by atoms with Gasteiger partial charge in [-0.1, -0.05) is 35.9 Å². The largest absolute Gasteiger partial charge is 0.497 e. The van der Waals surface area contributed by atoms with Crippen molar-refractivity contribution in [1.82, 2.24) is 9.62 Å². The smallest absolute Gasteiger partial charge is 0.243 e. The van der Waals surface area contributed by atoms with Gasteiger partial charge in [0.2, 0.25) is 15.9 Å². The van der Waals surface area contributed by atoms with Gasteiger partial charge in [-0.05, 0) is 61.0 Å². The van der Waals surface area contributed by atoms with E-state index in [2.05, 4.69) is 5.32 Å². The molecule has 1 aliphatic heterocycles. The number of piperidine rings is 1. The first-order chi connectivity index (χ1) is 15.9. The second kappa shape index (κ2) is 10.1. The minimum Gasteiger partial charge on any atom is -0.497 e. The summed E-state index contributed by atoms with van der Waals surface area (Å²) in [6.45, 7) is 2.68. The molecule has 0 saturated carbocycles. The molecule has 33 heavy (non-hydrogen) atoms. The van der Waals surface area contributed by atoms with E-state index < -0.39 is 10.0 Å². The molecule has 2 heterocycles. The highest BCUT2D eigenvalue weighted by molar-refractivity contribution is 7.89. The topological polar surface area (TPSA) is 75.7 Å². The maximum Gasteiger partial charge on any atom is 0.243 e.